The van der Waals surface area contributed by atoms with E-state index in [1.54, 1.807) is 18.2 Å². The quantitative estimate of drug-likeness (QED) is 0.280. The second-order valence-electron chi connectivity index (χ2n) is 9.93. The molecule has 1 aromatic heterocycles. The lowest BCUT2D eigenvalue weighted by Gasteiger charge is -2.41. The van der Waals surface area contributed by atoms with Gasteiger partial charge in [0.25, 0.3) is 0 Å². The van der Waals surface area contributed by atoms with Crippen LogP contribution in [0.25, 0.3) is 10.9 Å². The molecule has 0 spiro atoms. The molecule has 0 saturated carbocycles. The number of nitrogens with zero attached hydrogens (tertiary/aromatic N) is 2. The molecule has 1 fully saturated rings. The van der Waals surface area contributed by atoms with Gasteiger partial charge in [0.2, 0.25) is 0 Å². The Morgan fingerprint density at radius 2 is 1.76 bits per heavy atom. The number of aliphatic hydroxyl groups excluding tert-OH is 2. The molecule has 5 nitrogen and oxygen atoms in total. The van der Waals surface area contributed by atoms with Crippen LogP contribution in [0.5, 0.6) is 5.75 Å². The summed E-state index contributed by atoms with van der Waals surface area (Å²) in [5, 5.41) is 21.7. The third kappa shape index (κ3) is 6.22. The van der Waals surface area contributed by atoms with Crippen molar-refractivity contribution >= 4 is 10.9 Å². The van der Waals surface area contributed by atoms with E-state index in [1.807, 2.05) is 0 Å². The summed E-state index contributed by atoms with van der Waals surface area (Å²) in [6.45, 7) is 2.13. The molecule has 1 atom stereocenters. The van der Waals surface area contributed by atoms with Crippen molar-refractivity contribution in [3.05, 3.63) is 70.9 Å². The molecule has 200 valence electrons. The highest BCUT2D eigenvalue weighted by Crippen LogP contribution is 2.39. The Morgan fingerprint density at radius 3 is 2.41 bits per heavy atom. The highest BCUT2D eigenvalue weighted by molar-refractivity contribution is 5.84. The molecule has 0 radical (unpaired) electrons. The summed E-state index contributed by atoms with van der Waals surface area (Å²) in [7, 11) is 1.52. The van der Waals surface area contributed by atoms with Crippen LogP contribution in [0, 0.1) is 28.7 Å². The summed E-state index contributed by atoms with van der Waals surface area (Å²) in [6.07, 6.45) is 3.38. The molecule has 4 rings (SSSR count). The zero-order valence-electron chi connectivity index (χ0n) is 20.8. The summed E-state index contributed by atoms with van der Waals surface area (Å²) in [5.41, 5.74) is 0.786. The van der Waals surface area contributed by atoms with Crippen molar-refractivity contribution < 1.29 is 32.5 Å². The number of rotatable bonds is 10. The van der Waals surface area contributed by atoms with E-state index in [0.717, 1.165) is 31.4 Å². The fourth-order valence-corrected chi connectivity index (χ4v) is 5.22. The molecule has 0 amide bonds. The van der Waals surface area contributed by atoms with E-state index in [9.17, 15) is 27.8 Å². The number of aliphatic hydroxyl groups is 2. The van der Waals surface area contributed by atoms with E-state index in [0.29, 0.717) is 60.9 Å². The van der Waals surface area contributed by atoms with Gasteiger partial charge >= 0.3 is 0 Å². The highest BCUT2D eigenvalue weighted by atomic mass is 19.2. The van der Waals surface area contributed by atoms with Gasteiger partial charge in [0.1, 0.15) is 11.6 Å². The number of aromatic nitrogens is 1. The Hall–Kier alpha value is -2.75. The molecule has 1 saturated heterocycles. The van der Waals surface area contributed by atoms with Crippen LogP contribution >= 0.6 is 0 Å². The van der Waals surface area contributed by atoms with Gasteiger partial charge in [-0.15, -0.1) is 0 Å². The number of likely N-dealkylation sites (tertiary alicyclic amines) is 1. The van der Waals surface area contributed by atoms with Crippen molar-refractivity contribution in [3.8, 4) is 5.75 Å². The molecular weight excluding hydrogens is 488 g/mol. The van der Waals surface area contributed by atoms with E-state index < -0.39 is 29.4 Å². The topological polar surface area (TPSA) is 65.8 Å². The molecule has 2 heterocycles. The Bertz CT molecular complexity index is 1210. The summed E-state index contributed by atoms with van der Waals surface area (Å²) in [4.78, 5) is 6.33. The molecule has 1 unspecified atom stereocenters. The van der Waals surface area contributed by atoms with E-state index in [4.69, 9.17) is 4.74 Å². The summed E-state index contributed by atoms with van der Waals surface area (Å²) in [6, 6.07) is 7.17. The Balaban J connectivity index is 1.32. The zero-order chi connectivity index (χ0) is 26.6. The van der Waals surface area contributed by atoms with Crippen LogP contribution in [-0.4, -0.2) is 53.4 Å². The van der Waals surface area contributed by atoms with Crippen LogP contribution in [0.2, 0.25) is 0 Å². The number of fused-ring (bicyclic) bond motifs is 1. The van der Waals surface area contributed by atoms with Gasteiger partial charge in [-0.3, -0.25) is 4.98 Å². The first-order valence-corrected chi connectivity index (χ1v) is 12.5. The smallest absolute Gasteiger partial charge is 0.194 e. The van der Waals surface area contributed by atoms with Crippen molar-refractivity contribution in [2.24, 2.45) is 5.41 Å². The molecule has 9 heteroatoms. The van der Waals surface area contributed by atoms with Gasteiger partial charge in [-0.2, -0.15) is 0 Å². The first-order valence-electron chi connectivity index (χ1n) is 12.5. The number of aryl methyl sites for hydroxylation is 1. The minimum Gasteiger partial charge on any atom is -0.497 e. The van der Waals surface area contributed by atoms with E-state index in [1.165, 1.54) is 7.11 Å². The molecule has 1 aliphatic rings. The zero-order valence-corrected chi connectivity index (χ0v) is 20.8. The average molecular weight is 521 g/mol. The summed E-state index contributed by atoms with van der Waals surface area (Å²) in [5.74, 6) is -3.85. The third-order valence-corrected chi connectivity index (χ3v) is 7.59. The summed E-state index contributed by atoms with van der Waals surface area (Å²) < 4.78 is 60.0. The molecule has 2 N–H and O–H groups in total. The van der Waals surface area contributed by atoms with Crippen LogP contribution in [-0.2, 0) is 6.42 Å². The van der Waals surface area contributed by atoms with Crippen molar-refractivity contribution in [2.75, 3.05) is 33.4 Å². The lowest BCUT2D eigenvalue weighted by atomic mass is 9.74. The maximum atomic E-state index is 14.7. The van der Waals surface area contributed by atoms with Crippen LogP contribution in [0.1, 0.15) is 49.3 Å². The minimum atomic E-state index is -1.45. The fourth-order valence-electron chi connectivity index (χ4n) is 5.22. The molecule has 1 aliphatic heterocycles. The van der Waals surface area contributed by atoms with Gasteiger partial charge in [0.15, 0.2) is 17.5 Å². The normalized spacial score (nSPS) is 16.7. The number of halogens is 4. The van der Waals surface area contributed by atoms with Crippen molar-refractivity contribution in [3.63, 3.8) is 0 Å². The van der Waals surface area contributed by atoms with Gasteiger partial charge in [-0.1, -0.05) is 0 Å². The number of hydrogen-bond acceptors (Lipinski definition) is 5. The average Bonchev–Trinajstić information content (AvgIpc) is 2.90. The van der Waals surface area contributed by atoms with Gasteiger partial charge in [-0.05, 0) is 99.5 Å². The van der Waals surface area contributed by atoms with Crippen molar-refractivity contribution in [2.45, 2.75) is 44.6 Å². The van der Waals surface area contributed by atoms with Crippen LogP contribution in [0.3, 0.4) is 0 Å². The van der Waals surface area contributed by atoms with Crippen molar-refractivity contribution in [1.82, 2.24) is 9.88 Å². The number of piperidine rings is 1. The lowest BCUT2D eigenvalue weighted by molar-refractivity contribution is 0.0231. The Kier molecular flexibility index (Phi) is 8.67. The van der Waals surface area contributed by atoms with E-state index in [2.05, 4.69) is 9.88 Å². The number of hydrogen-bond donors (Lipinski definition) is 2. The number of pyridine rings is 1. The number of ether oxygens (including phenoxy) is 1. The molecule has 3 aromatic rings. The Labute approximate surface area is 213 Å². The van der Waals surface area contributed by atoms with Gasteiger partial charge < -0.3 is 19.8 Å². The van der Waals surface area contributed by atoms with E-state index >= 15 is 0 Å². The van der Waals surface area contributed by atoms with Gasteiger partial charge in [-0.25, -0.2) is 17.6 Å². The Morgan fingerprint density at radius 1 is 1.05 bits per heavy atom. The first-order chi connectivity index (χ1) is 17.7. The third-order valence-electron chi connectivity index (χ3n) is 7.59. The monoisotopic (exact) mass is 520 g/mol. The van der Waals surface area contributed by atoms with Crippen LogP contribution in [0.15, 0.2) is 36.5 Å². The predicted molar refractivity (Wildman–Crippen MR) is 132 cm³/mol. The van der Waals surface area contributed by atoms with Crippen LogP contribution in [0.4, 0.5) is 17.6 Å². The number of benzene rings is 2. The molecule has 0 aliphatic carbocycles. The maximum Gasteiger partial charge on any atom is 0.194 e. The molecular formula is C28H32F4N2O3. The maximum absolute atomic E-state index is 14.7. The standard InChI is InChI=1S/C28H32F4N2O3/c1-37-19-4-5-24-20(15-19)26(23(31)16-33-24)25(36)6-7-28(17-35)8-11-34(12-9-28)10-2-3-18-13-21(29)27(32)22(30)14-18/h4-5,13-16,25,35-36H,2-3,6-12,17H2,1H3. The summed E-state index contributed by atoms with van der Waals surface area (Å²) >= 11 is 0. The second kappa shape index (κ2) is 11.8. The van der Waals surface area contributed by atoms with E-state index in [-0.39, 0.29) is 24.0 Å². The SMILES string of the molecule is COc1ccc2ncc(F)c(C(O)CCC3(CO)CCN(CCCc4cc(F)c(F)c(F)c4)CC3)c2c1. The van der Waals surface area contributed by atoms with Gasteiger partial charge in [0.05, 0.1) is 24.9 Å². The number of methoxy groups -OCH3 is 1. The molecule has 2 aromatic carbocycles. The largest absolute Gasteiger partial charge is 0.497 e. The second-order valence-corrected chi connectivity index (χ2v) is 9.93. The predicted octanol–water partition coefficient (Wildman–Crippen LogP) is 5.32. The van der Waals surface area contributed by atoms with Gasteiger partial charge in [0, 0.05) is 17.6 Å². The highest BCUT2D eigenvalue weighted by Gasteiger charge is 2.34. The van der Waals surface area contributed by atoms with Crippen LogP contribution < -0.4 is 4.74 Å². The molecule has 37 heavy (non-hydrogen) atoms. The first kappa shape index (κ1) is 27.3. The minimum absolute atomic E-state index is 0.0326. The fraction of sp³-hybridized carbons (Fsp3) is 0.464. The lowest BCUT2D eigenvalue weighted by Crippen LogP contribution is -2.42. The van der Waals surface area contributed by atoms with Crippen molar-refractivity contribution in [1.29, 1.82) is 0 Å². The molecule has 0 bridgehead atoms.